The Morgan fingerprint density at radius 1 is 1.37 bits per heavy atom. The molecule has 2 aliphatic rings. The molecule has 2 fully saturated rings. The minimum absolute atomic E-state index is 0.199. The van der Waals surface area contributed by atoms with Crippen molar-refractivity contribution in [2.75, 3.05) is 12.3 Å². The fourth-order valence-corrected chi connectivity index (χ4v) is 2.83. The lowest BCUT2D eigenvalue weighted by Crippen LogP contribution is -2.37. The van der Waals surface area contributed by atoms with E-state index in [-0.39, 0.29) is 11.3 Å². The Bertz CT molecular complexity index is 472. The largest absolute Gasteiger partial charge is 0.399 e. The van der Waals surface area contributed by atoms with Crippen LogP contribution in [0.3, 0.4) is 0 Å². The third-order valence-electron chi connectivity index (χ3n) is 4.66. The number of carbonyl (C=O) groups excluding carboxylic acids is 1. The van der Waals surface area contributed by atoms with Crippen LogP contribution < -0.4 is 11.1 Å². The van der Waals surface area contributed by atoms with E-state index >= 15 is 0 Å². The first-order valence-electron chi connectivity index (χ1n) is 7.26. The van der Waals surface area contributed by atoms with E-state index < -0.39 is 0 Å². The van der Waals surface area contributed by atoms with Gasteiger partial charge in [-0.1, -0.05) is 19.1 Å². The Morgan fingerprint density at radius 2 is 2.00 bits per heavy atom. The Balaban J connectivity index is 1.63. The zero-order chi connectivity index (χ0) is 13.5. The molecule has 3 N–H and O–H groups in total. The topological polar surface area (TPSA) is 55.1 Å². The summed E-state index contributed by atoms with van der Waals surface area (Å²) >= 11 is 0. The van der Waals surface area contributed by atoms with Gasteiger partial charge in [-0.3, -0.25) is 4.79 Å². The highest BCUT2D eigenvalue weighted by molar-refractivity contribution is 5.91. The summed E-state index contributed by atoms with van der Waals surface area (Å²) in [6.07, 6.45) is 4.58. The van der Waals surface area contributed by atoms with Crippen molar-refractivity contribution in [2.24, 2.45) is 11.8 Å². The maximum atomic E-state index is 12.4. The molecule has 102 valence electrons. The highest BCUT2D eigenvalue weighted by Crippen LogP contribution is 2.48. The van der Waals surface area contributed by atoms with E-state index in [2.05, 4.69) is 12.2 Å². The van der Waals surface area contributed by atoms with Crippen molar-refractivity contribution < 1.29 is 4.79 Å². The van der Waals surface area contributed by atoms with Gasteiger partial charge in [-0.2, -0.15) is 0 Å². The van der Waals surface area contributed by atoms with E-state index in [1.165, 1.54) is 12.8 Å². The van der Waals surface area contributed by atoms with Gasteiger partial charge in [0.15, 0.2) is 0 Å². The lowest BCUT2D eigenvalue weighted by molar-refractivity contribution is -0.123. The molecule has 2 saturated carbocycles. The van der Waals surface area contributed by atoms with Gasteiger partial charge in [0.05, 0.1) is 5.41 Å². The van der Waals surface area contributed by atoms with Gasteiger partial charge in [0.2, 0.25) is 5.91 Å². The molecule has 0 aliphatic heterocycles. The molecule has 0 aromatic heterocycles. The Hall–Kier alpha value is -1.51. The summed E-state index contributed by atoms with van der Waals surface area (Å²) in [5.41, 5.74) is 7.30. The second-order valence-corrected chi connectivity index (χ2v) is 6.23. The lowest BCUT2D eigenvalue weighted by atomic mass is 9.94. The molecule has 3 nitrogen and oxygen atoms in total. The maximum Gasteiger partial charge on any atom is 0.230 e. The molecule has 3 heteroatoms. The van der Waals surface area contributed by atoms with Gasteiger partial charge in [-0.15, -0.1) is 0 Å². The molecule has 0 radical (unpaired) electrons. The summed E-state index contributed by atoms with van der Waals surface area (Å²) < 4.78 is 0. The van der Waals surface area contributed by atoms with Crippen LogP contribution in [0.5, 0.6) is 0 Å². The number of nitrogens with one attached hydrogen (secondary N) is 1. The molecule has 0 bridgehead atoms. The number of carbonyl (C=O) groups is 1. The first-order valence-corrected chi connectivity index (χ1v) is 7.26. The molecule has 0 heterocycles. The number of hydrogen-bond acceptors (Lipinski definition) is 2. The van der Waals surface area contributed by atoms with E-state index in [4.69, 9.17) is 5.73 Å². The molecular formula is C16H22N2O. The second kappa shape index (κ2) is 4.55. The van der Waals surface area contributed by atoms with Gasteiger partial charge < -0.3 is 11.1 Å². The molecule has 19 heavy (non-hydrogen) atoms. The van der Waals surface area contributed by atoms with Crippen molar-refractivity contribution in [2.45, 2.75) is 38.0 Å². The van der Waals surface area contributed by atoms with Gasteiger partial charge in [0, 0.05) is 12.2 Å². The van der Waals surface area contributed by atoms with Crippen LogP contribution in [-0.2, 0) is 10.2 Å². The Kier molecular flexibility index (Phi) is 3.00. The molecule has 1 amide bonds. The SMILES string of the molecule is CC(CNC(=O)C1(c2ccc(N)cc2)CC1)C1CC1. The van der Waals surface area contributed by atoms with Crippen LogP contribution in [0.4, 0.5) is 5.69 Å². The minimum atomic E-state index is -0.267. The number of amides is 1. The zero-order valence-electron chi connectivity index (χ0n) is 11.5. The molecule has 1 aromatic carbocycles. The van der Waals surface area contributed by atoms with Gasteiger partial charge in [0.1, 0.15) is 0 Å². The molecule has 3 rings (SSSR count). The van der Waals surface area contributed by atoms with Crippen molar-refractivity contribution in [1.82, 2.24) is 5.32 Å². The first kappa shape index (κ1) is 12.5. The molecule has 1 atom stereocenters. The Morgan fingerprint density at radius 3 is 2.53 bits per heavy atom. The van der Waals surface area contributed by atoms with Crippen molar-refractivity contribution >= 4 is 11.6 Å². The van der Waals surface area contributed by atoms with E-state index in [0.29, 0.717) is 5.92 Å². The molecule has 1 unspecified atom stereocenters. The van der Waals surface area contributed by atoms with Crippen LogP contribution in [0.1, 0.15) is 38.2 Å². The summed E-state index contributed by atoms with van der Waals surface area (Å²) in [5, 5.41) is 3.15. The van der Waals surface area contributed by atoms with Crippen LogP contribution >= 0.6 is 0 Å². The third-order valence-corrected chi connectivity index (χ3v) is 4.66. The van der Waals surface area contributed by atoms with Crippen LogP contribution in [0.15, 0.2) is 24.3 Å². The van der Waals surface area contributed by atoms with Crippen molar-refractivity contribution in [3.8, 4) is 0 Å². The average molecular weight is 258 g/mol. The minimum Gasteiger partial charge on any atom is -0.399 e. The van der Waals surface area contributed by atoms with E-state index in [9.17, 15) is 4.79 Å². The summed E-state index contributed by atoms with van der Waals surface area (Å²) in [6.45, 7) is 3.06. The van der Waals surface area contributed by atoms with Crippen molar-refractivity contribution in [1.29, 1.82) is 0 Å². The van der Waals surface area contributed by atoms with E-state index in [0.717, 1.165) is 36.6 Å². The van der Waals surface area contributed by atoms with Crippen molar-refractivity contribution in [3.05, 3.63) is 29.8 Å². The summed E-state index contributed by atoms with van der Waals surface area (Å²) in [7, 11) is 0. The maximum absolute atomic E-state index is 12.4. The number of anilines is 1. The fourth-order valence-electron chi connectivity index (χ4n) is 2.83. The molecular weight excluding hydrogens is 236 g/mol. The lowest BCUT2D eigenvalue weighted by Gasteiger charge is -2.18. The highest BCUT2D eigenvalue weighted by atomic mass is 16.2. The second-order valence-electron chi connectivity index (χ2n) is 6.23. The van der Waals surface area contributed by atoms with Crippen LogP contribution in [0, 0.1) is 11.8 Å². The van der Waals surface area contributed by atoms with E-state index in [1.54, 1.807) is 0 Å². The van der Waals surface area contributed by atoms with Gasteiger partial charge >= 0.3 is 0 Å². The summed E-state index contributed by atoms with van der Waals surface area (Å²) in [6, 6.07) is 7.75. The van der Waals surface area contributed by atoms with E-state index in [1.807, 2.05) is 24.3 Å². The highest BCUT2D eigenvalue weighted by Gasteiger charge is 2.51. The number of hydrogen-bond donors (Lipinski definition) is 2. The normalized spacial score (nSPS) is 21.7. The number of rotatable bonds is 5. The molecule has 0 spiro atoms. The number of nitrogen functional groups attached to an aromatic ring is 1. The number of nitrogens with two attached hydrogens (primary N) is 1. The standard InChI is InChI=1S/C16H22N2O/c1-11(12-2-3-12)10-18-15(19)16(8-9-16)13-4-6-14(17)7-5-13/h4-7,11-12H,2-3,8-10,17H2,1H3,(H,18,19). The van der Waals surface area contributed by atoms with Crippen LogP contribution in [-0.4, -0.2) is 12.5 Å². The number of benzene rings is 1. The predicted molar refractivity (Wildman–Crippen MR) is 76.7 cm³/mol. The van der Waals surface area contributed by atoms with Crippen LogP contribution in [0.2, 0.25) is 0 Å². The summed E-state index contributed by atoms with van der Waals surface area (Å²) in [4.78, 5) is 12.4. The first-order chi connectivity index (χ1) is 9.12. The smallest absolute Gasteiger partial charge is 0.230 e. The Labute approximate surface area is 114 Å². The fraction of sp³-hybridized carbons (Fsp3) is 0.562. The van der Waals surface area contributed by atoms with Gasteiger partial charge in [-0.25, -0.2) is 0 Å². The zero-order valence-corrected chi connectivity index (χ0v) is 11.5. The molecule has 1 aromatic rings. The monoisotopic (exact) mass is 258 g/mol. The average Bonchev–Trinajstić information content (AvgIpc) is 3.29. The van der Waals surface area contributed by atoms with Gasteiger partial charge in [-0.05, 0) is 55.2 Å². The third kappa shape index (κ3) is 2.46. The molecule has 0 saturated heterocycles. The van der Waals surface area contributed by atoms with Crippen LogP contribution in [0.25, 0.3) is 0 Å². The predicted octanol–water partition coefficient (Wildman–Crippen LogP) is 2.46. The quantitative estimate of drug-likeness (QED) is 0.797. The molecule has 2 aliphatic carbocycles. The van der Waals surface area contributed by atoms with Crippen molar-refractivity contribution in [3.63, 3.8) is 0 Å². The van der Waals surface area contributed by atoms with Gasteiger partial charge in [0.25, 0.3) is 0 Å². The summed E-state index contributed by atoms with van der Waals surface area (Å²) in [5.74, 6) is 1.66.